The van der Waals surface area contributed by atoms with Crippen LogP contribution in [0.25, 0.3) is 33.4 Å². The standard InChI is InChI=1S/C25H22N2/c1-17-7-9-20(10-8-17)24-22(18-11-13-21(26)14-12-18)15-16-23(27)25(24)19-5-3-2-4-6-19/h2-16H,26-27H2,1H3. The van der Waals surface area contributed by atoms with Crippen molar-refractivity contribution >= 4 is 11.4 Å². The Morgan fingerprint density at radius 3 is 1.78 bits per heavy atom. The van der Waals surface area contributed by atoms with E-state index in [1.807, 2.05) is 36.4 Å². The maximum Gasteiger partial charge on any atom is 0.0400 e. The predicted molar refractivity (Wildman–Crippen MR) is 116 cm³/mol. The Morgan fingerprint density at radius 1 is 0.519 bits per heavy atom. The Kier molecular flexibility index (Phi) is 4.39. The van der Waals surface area contributed by atoms with Gasteiger partial charge in [0.1, 0.15) is 0 Å². The second-order valence-corrected chi connectivity index (χ2v) is 6.81. The van der Waals surface area contributed by atoms with Crippen LogP contribution in [0.1, 0.15) is 5.56 Å². The second kappa shape index (κ2) is 7.00. The van der Waals surface area contributed by atoms with E-state index < -0.39 is 0 Å². The first-order chi connectivity index (χ1) is 13.1. The monoisotopic (exact) mass is 350 g/mol. The van der Waals surface area contributed by atoms with Crippen molar-refractivity contribution in [3.05, 3.63) is 96.6 Å². The van der Waals surface area contributed by atoms with Crippen molar-refractivity contribution in [2.45, 2.75) is 6.92 Å². The van der Waals surface area contributed by atoms with Crippen LogP contribution in [-0.2, 0) is 0 Å². The van der Waals surface area contributed by atoms with Crippen molar-refractivity contribution in [1.82, 2.24) is 0 Å². The first-order valence-electron chi connectivity index (χ1n) is 9.04. The molecular weight excluding hydrogens is 328 g/mol. The SMILES string of the molecule is Cc1ccc(-c2c(-c3ccc(N)cc3)ccc(N)c2-c2ccccc2)cc1. The molecule has 0 aliphatic carbocycles. The summed E-state index contributed by atoms with van der Waals surface area (Å²) >= 11 is 0. The van der Waals surface area contributed by atoms with E-state index in [1.165, 1.54) is 5.56 Å². The molecule has 0 bridgehead atoms. The quantitative estimate of drug-likeness (QED) is 0.435. The second-order valence-electron chi connectivity index (χ2n) is 6.81. The van der Waals surface area contributed by atoms with E-state index in [-0.39, 0.29) is 0 Å². The van der Waals surface area contributed by atoms with Gasteiger partial charge in [0.05, 0.1) is 0 Å². The molecule has 27 heavy (non-hydrogen) atoms. The molecule has 0 atom stereocenters. The highest BCUT2D eigenvalue weighted by molar-refractivity contribution is 5.99. The van der Waals surface area contributed by atoms with Crippen LogP contribution in [0.2, 0.25) is 0 Å². The molecule has 4 N–H and O–H groups in total. The lowest BCUT2D eigenvalue weighted by molar-refractivity contribution is 1.46. The summed E-state index contributed by atoms with van der Waals surface area (Å²) in [6, 6.07) is 31.0. The molecule has 0 unspecified atom stereocenters. The fraction of sp³-hybridized carbons (Fsp3) is 0.0400. The molecule has 132 valence electrons. The Bertz CT molecular complexity index is 1060. The van der Waals surface area contributed by atoms with Crippen LogP contribution in [0.4, 0.5) is 11.4 Å². The molecule has 0 saturated heterocycles. The van der Waals surface area contributed by atoms with Crippen molar-refractivity contribution in [2.75, 3.05) is 11.5 Å². The van der Waals surface area contributed by atoms with Gasteiger partial charge >= 0.3 is 0 Å². The number of hydrogen-bond acceptors (Lipinski definition) is 2. The number of nitrogen functional groups attached to an aromatic ring is 2. The third-order valence-electron chi connectivity index (χ3n) is 4.86. The highest BCUT2D eigenvalue weighted by Gasteiger charge is 2.16. The van der Waals surface area contributed by atoms with Gasteiger partial charge in [0.15, 0.2) is 0 Å². The minimum absolute atomic E-state index is 0.759. The zero-order chi connectivity index (χ0) is 18.8. The summed E-state index contributed by atoms with van der Waals surface area (Å²) in [7, 11) is 0. The maximum absolute atomic E-state index is 6.47. The molecule has 4 aromatic rings. The summed E-state index contributed by atoms with van der Waals surface area (Å²) in [5.74, 6) is 0. The van der Waals surface area contributed by atoms with Gasteiger partial charge in [0.2, 0.25) is 0 Å². The molecule has 0 aromatic heterocycles. The molecule has 0 heterocycles. The van der Waals surface area contributed by atoms with E-state index >= 15 is 0 Å². The molecule has 0 amide bonds. The molecule has 4 rings (SSSR count). The molecule has 0 aliphatic heterocycles. The Hall–Kier alpha value is -3.52. The van der Waals surface area contributed by atoms with E-state index in [1.54, 1.807) is 0 Å². The summed E-state index contributed by atoms with van der Waals surface area (Å²) in [5, 5.41) is 0. The number of benzene rings is 4. The fourth-order valence-electron chi connectivity index (χ4n) is 3.46. The Morgan fingerprint density at radius 2 is 1.11 bits per heavy atom. The van der Waals surface area contributed by atoms with E-state index in [9.17, 15) is 0 Å². The average molecular weight is 350 g/mol. The van der Waals surface area contributed by atoms with Crippen molar-refractivity contribution in [1.29, 1.82) is 0 Å². The van der Waals surface area contributed by atoms with Crippen LogP contribution >= 0.6 is 0 Å². The van der Waals surface area contributed by atoms with Gasteiger partial charge in [-0.25, -0.2) is 0 Å². The number of hydrogen-bond donors (Lipinski definition) is 2. The van der Waals surface area contributed by atoms with Crippen LogP contribution in [0.3, 0.4) is 0 Å². The predicted octanol–water partition coefficient (Wildman–Crippen LogP) is 6.16. The van der Waals surface area contributed by atoms with Crippen LogP contribution in [0, 0.1) is 6.92 Å². The van der Waals surface area contributed by atoms with Crippen LogP contribution in [-0.4, -0.2) is 0 Å². The van der Waals surface area contributed by atoms with Crippen molar-refractivity contribution in [3.63, 3.8) is 0 Å². The first-order valence-corrected chi connectivity index (χ1v) is 9.04. The van der Waals surface area contributed by atoms with E-state index in [2.05, 4.69) is 61.5 Å². The molecule has 0 fully saturated rings. The third-order valence-corrected chi connectivity index (χ3v) is 4.86. The minimum atomic E-state index is 0.759. The Labute approximate surface area is 160 Å². The van der Waals surface area contributed by atoms with Crippen LogP contribution < -0.4 is 11.5 Å². The number of nitrogens with two attached hydrogens (primary N) is 2. The zero-order valence-electron chi connectivity index (χ0n) is 15.3. The lowest BCUT2D eigenvalue weighted by Gasteiger charge is -2.18. The number of anilines is 2. The van der Waals surface area contributed by atoms with E-state index in [0.717, 1.165) is 44.8 Å². The van der Waals surface area contributed by atoms with E-state index in [0.29, 0.717) is 0 Å². The number of aryl methyl sites for hydroxylation is 1. The molecular formula is C25H22N2. The normalized spacial score (nSPS) is 10.7. The Balaban J connectivity index is 2.05. The van der Waals surface area contributed by atoms with Gasteiger partial charge in [-0.15, -0.1) is 0 Å². The van der Waals surface area contributed by atoms with Gasteiger partial charge in [-0.05, 0) is 52.9 Å². The molecule has 0 radical (unpaired) electrons. The minimum Gasteiger partial charge on any atom is -0.399 e. The molecule has 0 spiro atoms. The molecule has 0 aliphatic rings. The van der Waals surface area contributed by atoms with Crippen molar-refractivity contribution < 1.29 is 0 Å². The third kappa shape index (κ3) is 3.30. The van der Waals surface area contributed by atoms with Crippen LogP contribution in [0.5, 0.6) is 0 Å². The maximum atomic E-state index is 6.47. The van der Waals surface area contributed by atoms with Gasteiger partial charge < -0.3 is 11.5 Å². The topological polar surface area (TPSA) is 52.0 Å². The van der Waals surface area contributed by atoms with Gasteiger partial charge in [-0.2, -0.15) is 0 Å². The summed E-state index contributed by atoms with van der Waals surface area (Å²) in [6.45, 7) is 2.10. The summed E-state index contributed by atoms with van der Waals surface area (Å²) < 4.78 is 0. The molecule has 0 saturated carbocycles. The van der Waals surface area contributed by atoms with Crippen molar-refractivity contribution in [3.8, 4) is 33.4 Å². The summed E-state index contributed by atoms with van der Waals surface area (Å²) in [5.41, 5.74) is 21.9. The fourth-order valence-corrected chi connectivity index (χ4v) is 3.46. The smallest absolute Gasteiger partial charge is 0.0400 e. The highest BCUT2D eigenvalue weighted by Crippen LogP contribution is 2.43. The summed E-state index contributed by atoms with van der Waals surface area (Å²) in [4.78, 5) is 0. The average Bonchev–Trinajstić information content (AvgIpc) is 2.70. The zero-order valence-corrected chi connectivity index (χ0v) is 15.3. The van der Waals surface area contributed by atoms with Gasteiger partial charge in [0, 0.05) is 16.9 Å². The largest absolute Gasteiger partial charge is 0.399 e. The van der Waals surface area contributed by atoms with Gasteiger partial charge in [-0.1, -0.05) is 78.4 Å². The summed E-state index contributed by atoms with van der Waals surface area (Å²) in [6.07, 6.45) is 0. The molecule has 2 heteroatoms. The lowest BCUT2D eigenvalue weighted by atomic mass is 9.86. The van der Waals surface area contributed by atoms with Gasteiger partial charge in [-0.3, -0.25) is 0 Å². The lowest BCUT2D eigenvalue weighted by Crippen LogP contribution is -1.97. The van der Waals surface area contributed by atoms with Crippen molar-refractivity contribution in [2.24, 2.45) is 0 Å². The first kappa shape index (κ1) is 16.9. The highest BCUT2D eigenvalue weighted by atomic mass is 14.6. The van der Waals surface area contributed by atoms with E-state index in [4.69, 9.17) is 11.5 Å². The van der Waals surface area contributed by atoms with Gasteiger partial charge in [0.25, 0.3) is 0 Å². The van der Waals surface area contributed by atoms with Crippen LogP contribution in [0.15, 0.2) is 91.0 Å². The molecule has 4 aromatic carbocycles. The number of rotatable bonds is 3. The molecule has 2 nitrogen and oxygen atoms in total.